The molecule has 0 bridgehead atoms. The van der Waals surface area contributed by atoms with Crippen molar-refractivity contribution in [2.24, 2.45) is 4.99 Å². The van der Waals surface area contributed by atoms with Gasteiger partial charge in [0, 0.05) is 17.2 Å². The molecule has 24 heavy (non-hydrogen) atoms. The second kappa shape index (κ2) is 6.69. The number of nitrogens with zero attached hydrogens (tertiary/aromatic N) is 2. The highest BCUT2D eigenvalue weighted by Crippen LogP contribution is 2.41. The number of hydrogen-bond donors (Lipinski definition) is 1. The van der Waals surface area contributed by atoms with Crippen LogP contribution in [-0.2, 0) is 0 Å². The van der Waals surface area contributed by atoms with Crippen molar-refractivity contribution >= 4 is 21.8 Å². The van der Waals surface area contributed by atoms with E-state index in [4.69, 9.17) is 0 Å². The van der Waals surface area contributed by atoms with Gasteiger partial charge in [-0.15, -0.1) is 0 Å². The second-order valence-corrected chi connectivity index (χ2v) is 7.41. The lowest BCUT2D eigenvalue weighted by atomic mass is 9.83. The first-order chi connectivity index (χ1) is 11.8. The van der Waals surface area contributed by atoms with E-state index in [0.29, 0.717) is 0 Å². The van der Waals surface area contributed by atoms with Crippen molar-refractivity contribution < 1.29 is 0 Å². The summed E-state index contributed by atoms with van der Waals surface area (Å²) in [4.78, 5) is 7.17. The van der Waals surface area contributed by atoms with Crippen LogP contribution >= 0.6 is 15.9 Å². The number of amidine groups is 1. The van der Waals surface area contributed by atoms with Crippen LogP contribution in [0.25, 0.3) is 0 Å². The predicted octanol–water partition coefficient (Wildman–Crippen LogP) is 4.36. The van der Waals surface area contributed by atoms with Gasteiger partial charge in [-0.25, -0.2) is 4.99 Å². The van der Waals surface area contributed by atoms with Crippen LogP contribution in [0.5, 0.6) is 0 Å². The third-order valence-corrected chi connectivity index (χ3v) is 5.61. The van der Waals surface area contributed by atoms with Gasteiger partial charge in [-0.2, -0.15) is 0 Å². The number of aliphatic imine (C=N–C) groups is 1. The molecule has 1 aromatic carbocycles. The molecule has 0 fully saturated rings. The minimum absolute atomic E-state index is 0.203. The fourth-order valence-electron chi connectivity index (χ4n) is 3.97. The molecule has 2 unspecified atom stereocenters. The molecule has 4 heteroatoms. The van der Waals surface area contributed by atoms with Gasteiger partial charge in [0.25, 0.3) is 0 Å². The zero-order chi connectivity index (χ0) is 16.5. The van der Waals surface area contributed by atoms with Crippen molar-refractivity contribution in [3.05, 3.63) is 69.9 Å². The van der Waals surface area contributed by atoms with Crippen molar-refractivity contribution in [2.45, 2.75) is 31.3 Å². The highest BCUT2D eigenvalue weighted by atomic mass is 79.9. The zero-order valence-corrected chi connectivity index (χ0v) is 15.5. The van der Waals surface area contributed by atoms with Gasteiger partial charge in [-0.3, -0.25) is 0 Å². The molecule has 3 aliphatic rings. The SMILES string of the molecule is CNC1C=CN=C1N1CCC2=C(C=CCC2)C1c1cccc(Br)c1. The van der Waals surface area contributed by atoms with Crippen molar-refractivity contribution in [2.75, 3.05) is 13.6 Å². The summed E-state index contributed by atoms with van der Waals surface area (Å²) < 4.78 is 1.13. The highest BCUT2D eigenvalue weighted by molar-refractivity contribution is 9.10. The first-order valence-electron chi connectivity index (χ1n) is 8.60. The summed E-state index contributed by atoms with van der Waals surface area (Å²) in [7, 11) is 2.00. The van der Waals surface area contributed by atoms with E-state index in [1.54, 1.807) is 5.57 Å². The van der Waals surface area contributed by atoms with Gasteiger partial charge >= 0.3 is 0 Å². The smallest absolute Gasteiger partial charge is 0.126 e. The topological polar surface area (TPSA) is 27.6 Å². The Balaban J connectivity index is 1.79. The Kier molecular flexibility index (Phi) is 4.42. The Morgan fingerprint density at radius 1 is 1.29 bits per heavy atom. The number of allylic oxidation sites excluding steroid dienone is 1. The maximum Gasteiger partial charge on any atom is 0.126 e. The van der Waals surface area contributed by atoms with Crippen LogP contribution in [0.2, 0.25) is 0 Å². The van der Waals surface area contributed by atoms with Gasteiger partial charge in [0.1, 0.15) is 5.84 Å². The predicted molar refractivity (Wildman–Crippen MR) is 103 cm³/mol. The molecule has 0 aromatic heterocycles. The van der Waals surface area contributed by atoms with E-state index in [2.05, 4.69) is 73.6 Å². The van der Waals surface area contributed by atoms with Crippen LogP contribution < -0.4 is 5.32 Å². The van der Waals surface area contributed by atoms with Crippen LogP contribution in [0.4, 0.5) is 0 Å². The van der Waals surface area contributed by atoms with Crippen molar-refractivity contribution in [3.8, 4) is 0 Å². The summed E-state index contributed by atoms with van der Waals surface area (Å²) in [5.74, 6) is 1.13. The molecule has 0 amide bonds. The molecular formula is C20H22BrN3. The van der Waals surface area contributed by atoms with Gasteiger partial charge in [0.15, 0.2) is 0 Å². The van der Waals surface area contributed by atoms with Gasteiger partial charge in [0.05, 0.1) is 12.1 Å². The third kappa shape index (κ3) is 2.78. The van der Waals surface area contributed by atoms with E-state index in [-0.39, 0.29) is 12.1 Å². The normalized spacial score (nSPS) is 25.9. The summed E-state index contributed by atoms with van der Waals surface area (Å²) in [5, 5.41) is 3.36. The Morgan fingerprint density at radius 2 is 2.21 bits per heavy atom. The lowest BCUT2D eigenvalue weighted by Crippen LogP contribution is -2.47. The lowest BCUT2D eigenvalue weighted by molar-refractivity contribution is 0.325. The van der Waals surface area contributed by atoms with Gasteiger partial charge in [0.2, 0.25) is 0 Å². The summed E-state index contributed by atoms with van der Waals surface area (Å²) in [6, 6.07) is 9.15. The fraction of sp³-hybridized carbons (Fsp3) is 0.350. The fourth-order valence-corrected chi connectivity index (χ4v) is 4.39. The Hall–Kier alpha value is -1.65. The van der Waals surface area contributed by atoms with Crippen LogP contribution in [-0.4, -0.2) is 30.4 Å². The Morgan fingerprint density at radius 3 is 3.04 bits per heavy atom. The summed E-state index contributed by atoms with van der Waals surface area (Å²) in [6.45, 7) is 1.03. The standard InChI is InChI=1S/C20H22BrN3/c1-22-18-9-11-23-20(18)24-12-10-14-5-2-3-8-17(14)19(24)15-6-4-7-16(21)13-15/h3-4,6-9,11,13,18-19,22H,2,5,10,12H2,1H3. The summed E-state index contributed by atoms with van der Waals surface area (Å²) in [5.41, 5.74) is 4.41. The van der Waals surface area contributed by atoms with Gasteiger partial charge in [-0.05, 0) is 55.7 Å². The van der Waals surface area contributed by atoms with Crippen molar-refractivity contribution in [1.29, 1.82) is 0 Å². The maximum atomic E-state index is 4.69. The molecule has 0 saturated heterocycles. The lowest BCUT2D eigenvalue weighted by Gasteiger charge is -2.42. The molecule has 0 saturated carbocycles. The highest BCUT2D eigenvalue weighted by Gasteiger charge is 2.35. The number of hydrogen-bond acceptors (Lipinski definition) is 3. The van der Waals surface area contributed by atoms with E-state index in [9.17, 15) is 0 Å². The molecule has 2 heterocycles. The van der Waals surface area contributed by atoms with Crippen LogP contribution in [0.3, 0.4) is 0 Å². The van der Waals surface area contributed by atoms with E-state index in [1.165, 1.54) is 24.0 Å². The van der Waals surface area contributed by atoms with Gasteiger partial charge in [-0.1, -0.05) is 45.8 Å². The van der Waals surface area contributed by atoms with E-state index < -0.39 is 0 Å². The summed E-state index contributed by atoms with van der Waals surface area (Å²) >= 11 is 3.64. The molecule has 3 nitrogen and oxygen atoms in total. The van der Waals surface area contributed by atoms with Crippen LogP contribution in [0.15, 0.2) is 69.3 Å². The third-order valence-electron chi connectivity index (χ3n) is 5.11. The van der Waals surface area contributed by atoms with E-state index in [1.807, 2.05) is 13.2 Å². The molecular weight excluding hydrogens is 362 g/mol. The minimum atomic E-state index is 0.203. The number of benzene rings is 1. The molecule has 1 N–H and O–H groups in total. The average molecular weight is 384 g/mol. The molecule has 2 atom stereocenters. The Bertz CT molecular complexity index is 760. The average Bonchev–Trinajstić information content (AvgIpc) is 3.09. The number of rotatable bonds is 2. The van der Waals surface area contributed by atoms with E-state index in [0.717, 1.165) is 23.3 Å². The second-order valence-electron chi connectivity index (χ2n) is 6.50. The number of likely N-dealkylation sites (N-methyl/N-ethyl adjacent to an activating group) is 1. The van der Waals surface area contributed by atoms with Crippen LogP contribution in [0, 0.1) is 0 Å². The Labute approximate surface area is 152 Å². The molecule has 0 spiro atoms. The van der Waals surface area contributed by atoms with Gasteiger partial charge < -0.3 is 10.2 Å². The zero-order valence-electron chi connectivity index (χ0n) is 13.9. The molecule has 2 aliphatic heterocycles. The summed E-state index contributed by atoms with van der Waals surface area (Å²) in [6.07, 6.45) is 12.2. The maximum absolute atomic E-state index is 4.69. The molecule has 124 valence electrons. The van der Waals surface area contributed by atoms with Crippen LogP contribution in [0.1, 0.15) is 30.9 Å². The largest absolute Gasteiger partial charge is 0.347 e. The van der Waals surface area contributed by atoms with Crippen molar-refractivity contribution in [3.63, 3.8) is 0 Å². The van der Waals surface area contributed by atoms with Crippen molar-refractivity contribution in [1.82, 2.24) is 10.2 Å². The monoisotopic (exact) mass is 383 g/mol. The van der Waals surface area contributed by atoms with E-state index >= 15 is 0 Å². The first kappa shape index (κ1) is 15.9. The number of nitrogens with one attached hydrogen (secondary N) is 1. The quantitative estimate of drug-likeness (QED) is 0.821. The number of halogens is 1. The first-order valence-corrected chi connectivity index (χ1v) is 9.39. The molecule has 1 aliphatic carbocycles. The minimum Gasteiger partial charge on any atom is -0.347 e. The molecule has 0 radical (unpaired) electrons. The molecule has 4 rings (SSSR count). The molecule has 1 aromatic rings.